The second kappa shape index (κ2) is 7.73. The lowest BCUT2D eigenvalue weighted by atomic mass is 9.84. The predicted octanol–water partition coefficient (Wildman–Crippen LogP) is 3.25. The number of hydrogen-bond acceptors (Lipinski definition) is 2. The maximum absolute atomic E-state index is 10.5. The third-order valence-electron chi connectivity index (χ3n) is 2.91. The van der Waals surface area contributed by atoms with E-state index in [2.05, 4.69) is 18.4 Å². The first-order valence-electron chi connectivity index (χ1n) is 6.19. The van der Waals surface area contributed by atoms with Crippen LogP contribution in [0.5, 0.6) is 0 Å². The van der Waals surface area contributed by atoms with Crippen molar-refractivity contribution in [2.24, 2.45) is 5.92 Å². The third-order valence-corrected chi connectivity index (χ3v) is 2.91. The van der Waals surface area contributed by atoms with Crippen molar-refractivity contribution in [3.63, 3.8) is 0 Å². The summed E-state index contributed by atoms with van der Waals surface area (Å²) >= 11 is 0. The van der Waals surface area contributed by atoms with Crippen LogP contribution in [0.4, 0.5) is 0 Å². The topological polar surface area (TPSA) is 26.3 Å². The SMILES string of the molecule is C=C(C#C/C=C/COC(C)=O)C1CCCCC1. The van der Waals surface area contributed by atoms with E-state index in [4.69, 9.17) is 4.74 Å². The number of rotatable bonds is 3. The second-order valence-electron chi connectivity index (χ2n) is 4.33. The molecule has 1 saturated carbocycles. The quantitative estimate of drug-likeness (QED) is 0.551. The molecule has 1 rings (SSSR count). The molecule has 1 aliphatic carbocycles. The molecule has 0 N–H and O–H groups in total. The Kier molecular flexibility index (Phi) is 6.17. The molecule has 1 fully saturated rings. The molecule has 0 saturated heterocycles. The van der Waals surface area contributed by atoms with Gasteiger partial charge in [0.25, 0.3) is 0 Å². The van der Waals surface area contributed by atoms with Crippen LogP contribution in [0.3, 0.4) is 0 Å². The zero-order chi connectivity index (χ0) is 12.5. The van der Waals surface area contributed by atoms with Crippen LogP contribution in [0.1, 0.15) is 39.0 Å². The summed E-state index contributed by atoms with van der Waals surface area (Å²) in [6, 6.07) is 0. The molecule has 0 aromatic heterocycles. The van der Waals surface area contributed by atoms with Crippen LogP contribution in [-0.2, 0) is 9.53 Å². The lowest BCUT2D eigenvalue weighted by Gasteiger charge is -2.20. The van der Waals surface area contributed by atoms with Crippen LogP contribution in [0.25, 0.3) is 0 Å². The highest BCUT2D eigenvalue weighted by molar-refractivity contribution is 5.66. The number of ether oxygens (including phenoxy) is 1. The molecule has 17 heavy (non-hydrogen) atoms. The summed E-state index contributed by atoms with van der Waals surface area (Å²) in [5, 5.41) is 0. The lowest BCUT2D eigenvalue weighted by molar-refractivity contribution is -0.139. The molecule has 0 aliphatic heterocycles. The molecule has 0 amide bonds. The van der Waals surface area contributed by atoms with E-state index in [-0.39, 0.29) is 5.97 Å². The molecule has 92 valence electrons. The van der Waals surface area contributed by atoms with Gasteiger partial charge in [0.05, 0.1) is 0 Å². The Morgan fingerprint density at radius 2 is 2.12 bits per heavy atom. The Labute approximate surface area is 104 Å². The minimum absolute atomic E-state index is 0.269. The highest BCUT2D eigenvalue weighted by atomic mass is 16.5. The third kappa shape index (κ3) is 5.97. The maximum atomic E-state index is 10.5. The standard InChI is InChI=1S/C15H20O2/c1-13(15-10-6-3-7-11-15)9-5-4-8-12-17-14(2)16/h4,8,15H,1,3,6-7,10-12H2,2H3/b8-4+. The van der Waals surface area contributed by atoms with Gasteiger partial charge >= 0.3 is 5.97 Å². The number of allylic oxidation sites excluding steroid dienone is 2. The summed E-state index contributed by atoms with van der Waals surface area (Å²) in [5.74, 6) is 6.32. The first-order chi connectivity index (χ1) is 8.20. The normalized spacial score (nSPS) is 16.3. The zero-order valence-electron chi connectivity index (χ0n) is 10.5. The Morgan fingerprint density at radius 3 is 2.76 bits per heavy atom. The Bertz CT molecular complexity index is 349. The first-order valence-corrected chi connectivity index (χ1v) is 6.19. The fourth-order valence-electron chi connectivity index (χ4n) is 1.96. The number of carbonyl (C=O) groups excluding carboxylic acids is 1. The van der Waals surface area contributed by atoms with E-state index in [9.17, 15) is 4.79 Å². The smallest absolute Gasteiger partial charge is 0.302 e. The summed E-state index contributed by atoms with van der Waals surface area (Å²) in [4.78, 5) is 10.5. The van der Waals surface area contributed by atoms with Crippen molar-refractivity contribution in [3.8, 4) is 11.8 Å². The first kappa shape index (κ1) is 13.6. The molecule has 1 aliphatic rings. The van der Waals surface area contributed by atoms with Gasteiger partial charge in [-0.15, -0.1) is 0 Å². The van der Waals surface area contributed by atoms with E-state index in [0.29, 0.717) is 12.5 Å². The van der Waals surface area contributed by atoms with Gasteiger partial charge in [0, 0.05) is 6.92 Å². The fourth-order valence-corrected chi connectivity index (χ4v) is 1.96. The average Bonchev–Trinajstić information content (AvgIpc) is 2.34. The van der Waals surface area contributed by atoms with Crippen LogP contribution >= 0.6 is 0 Å². The van der Waals surface area contributed by atoms with Crippen molar-refractivity contribution in [2.45, 2.75) is 39.0 Å². The van der Waals surface area contributed by atoms with Gasteiger partial charge in [-0.2, -0.15) is 0 Å². The van der Waals surface area contributed by atoms with Crippen LogP contribution in [-0.4, -0.2) is 12.6 Å². The molecule has 0 aromatic carbocycles. The molecule has 0 atom stereocenters. The van der Waals surface area contributed by atoms with E-state index >= 15 is 0 Å². The summed E-state index contributed by atoms with van der Waals surface area (Å²) in [6.07, 6.45) is 9.86. The van der Waals surface area contributed by atoms with Gasteiger partial charge < -0.3 is 4.74 Å². The molecule has 0 aromatic rings. The number of hydrogen-bond donors (Lipinski definition) is 0. The van der Waals surface area contributed by atoms with Crippen molar-refractivity contribution in [1.82, 2.24) is 0 Å². The molecule has 0 unspecified atom stereocenters. The largest absolute Gasteiger partial charge is 0.462 e. The van der Waals surface area contributed by atoms with Gasteiger partial charge in [0.1, 0.15) is 6.61 Å². The van der Waals surface area contributed by atoms with E-state index in [1.54, 1.807) is 12.2 Å². The summed E-state index contributed by atoms with van der Waals surface area (Å²) < 4.78 is 4.75. The summed E-state index contributed by atoms with van der Waals surface area (Å²) in [5.41, 5.74) is 1.04. The monoisotopic (exact) mass is 232 g/mol. The number of esters is 1. The van der Waals surface area contributed by atoms with Gasteiger partial charge in [-0.25, -0.2) is 0 Å². The Morgan fingerprint density at radius 1 is 1.41 bits per heavy atom. The summed E-state index contributed by atoms with van der Waals surface area (Å²) in [6.45, 7) is 5.72. The van der Waals surface area contributed by atoms with Crippen molar-refractivity contribution >= 4 is 5.97 Å². The predicted molar refractivity (Wildman–Crippen MR) is 69.3 cm³/mol. The van der Waals surface area contributed by atoms with Crippen LogP contribution in [0, 0.1) is 17.8 Å². The maximum Gasteiger partial charge on any atom is 0.302 e. The average molecular weight is 232 g/mol. The molecule has 0 heterocycles. The molecule has 0 spiro atoms. The molecule has 2 heteroatoms. The molecule has 2 nitrogen and oxygen atoms in total. The van der Waals surface area contributed by atoms with E-state index in [0.717, 1.165) is 5.57 Å². The molecule has 0 bridgehead atoms. The summed E-state index contributed by atoms with van der Waals surface area (Å²) in [7, 11) is 0. The molecule has 0 radical (unpaired) electrons. The second-order valence-corrected chi connectivity index (χ2v) is 4.33. The molecular weight excluding hydrogens is 212 g/mol. The van der Waals surface area contributed by atoms with Crippen LogP contribution in [0.15, 0.2) is 24.3 Å². The van der Waals surface area contributed by atoms with Crippen molar-refractivity contribution < 1.29 is 9.53 Å². The van der Waals surface area contributed by atoms with E-state index in [1.165, 1.54) is 39.0 Å². The van der Waals surface area contributed by atoms with Crippen molar-refractivity contribution in [1.29, 1.82) is 0 Å². The highest BCUT2D eigenvalue weighted by Gasteiger charge is 2.14. The van der Waals surface area contributed by atoms with Crippen molar-refractivity contribution in [3.05, 3.63) is 24.3 Å². The Balaban J connectivity index is 2.27. The van der Waals surface area contributed by atoms with Gasteiger partial charge in [0.2, 0.25) is 0 Å². The van der Waals surface area contributed by atoms with Crippen LogP contribution < -0.4 is 0 Å². The van der Waals surface area contributed by atoms with Gasteiger partial charge in [0.15, 0.2) is 0 Å². The van der Waals surface area contributed by atoms with Crippen molar-refractivity contribution in [2.75, 3.05) is 6.61 Å². The fraction of sp³-hybridized carbons (Fsp3) is 0.533. The van der Waals surface area contributed by atoms with E-state index in [1.807, 2.05) is 0 Å². The van der Waals surface area contributed by atoms with Gasteiger partial charge in [-0.3, -0.25) is 4.79 Å². The zero-order valence-corrected chi connectivity index (χ0v) is 10.5. The Hall–Kier alpha value is -1.49. The minimum Gasteiger partial charge on any atom is -0.462 e. The number of carbonyl (C=O) groups is 1. The minimum atomic E-state index is -0.269. The molecular formula is C15H20O2. The van der Waals surface area contributed by atoms with Gasteiger partial charge in [-0.05, 0) is 36.5 Å². The highest BCUT2D eigenvalue weighted by Crippen LogP contribution is 2.28. The lowest BCUT2D eigenvalue weighted by Crippen LogP contribution is -2.07. The van der Waals surface area contributed by atoms with E-state index < -0.39 is 0 Å². The van der Waals surface area contributed by atoms with Gasteiger partial charge in [-0.1, -0.05) is 37.7 Å². The van der Waals surface area contributed by atoms with Crippen LogP contribution in [0.2, 0.25) is 0 Å².